The van der Waals surface area contributed by atoms with Crippen LogP contribution < -0.4 is 44.4 Å². The lowest BCUT2D eigenvalue weighted by atomic mass is 9.77. The molecular formula is C71H75F6N9O12. The van der Waals surface area contributed by atoms with Gasteiger partial charge in [-0.2, -0.15) is 26.3 Å². The molecule has 3 saturated carbocycles. The summed E-state index contributed by atoms with van der Waals surface area (Å²) in [5.41, 5.74) is 6.65. The summed E-state index contributed by atoms with van der Waals surface area (Å²) in [6.45, 7) is 3.21. The summed E-state index contributed by atoms with van der Waals surface area (Å²) in [4.78, 5) is 62.9. The molecule has 1 aliphatic heterocycles. The van der Waals surface area contributed by atoms with Crippen molar-refractivity contribution in [2.45, 2.75) is 147 Å². The van der Waals surface area contributed by atoms with Crippen LogP contribution in [0.4, 0.5) is 26.3 Å². The highest BCUT2D eigenvalue weighted by molar-refractivity contribution is 6.02. The quantitative estimate of drug-likeness (QED) is 0.0325. The van der Waals surface area contributed by atoms with Gasteiger partial charge in [0.15, 0.2) is 0 Å². The second-order valence-corrected chi connectivity index (χ2v) is 26.1. The van der Waals surface area contributed by atoms with Crippen molar-refractivity contribution in [3.8, 4) is 68.3 Å². The maximum atomic E-state index is 13.2. The molecule has 0 radical (unpaired) electrons. The molecule has 7 heterocycles. The maximum Gasteiger partial charge on any atom is 0.387 e. The number of pyridine rings is 3. The molecule has 4 N–H and O–H groups in total. The Kier molecular flexibility index (Phi) is 20.0. The predicted molar refractivity (Wildman–Crippen MR) is 349 cm³/mol. The van der Waals surface area contributed by atoms with Gasteiger partial charge in [-0.25, -0.2) is 15.0 Å². The van der Waals surface area contributed by atoms with Gasteiger partial charge in [0.1, 0.15) is 74.4 Å². The summed E-state index contributed by atoms with van der Waals surface area (Å²) in [7, 11) is 4.13. The number of imidazole rings is 3. The van der Waals surface area contributed by atoms with Gasteiger partial charge >= 0.3 is 19.8 Å². The number of ether oxygens (including phenoxy) is 7. The largest absolute Gasteiger partial charge is 0.496 e. The number of halogens is 6. The van der Waals surface area contributed by atoms with Crippen LogP contribution >= 0.6 is 0 Å². The van der Waals surface area contributed by atoms with Crippen molar-refractivity contribution >= 4 is 40.9 Å². The Bertz CT molecular complexity index is 4460. The minimum Gasteiger partial charge on any atom is -0.496 e. The van der Waals surface area contributed by atoms with Crippen LogP contribution in [0.25, 0.3) is 50.7 Å². The first kappa shape index (κ1) is 69.5. The van der Waals surface area contributed by atoms with E-state index in [-0.39, 0.29) is 87.4 Å². The average Bonchev–Trinajstić information content (AvgIpc) is 1.81. The van der Waals surface area contributed by atoms with Crippen LogP contribution in [0.15, 0.2) is 110 Å². The van der Waals surface area contributed by atoms with Crippen LogP contribution in [0.1, 0.15) is 134 Å². The number of hydrogen-bond donors (Lipinski definition) is 4. The van der Waals surface area contributed by atoms with Gasteiger partial charge in [-0.3, -0.25) is 27.6 Å². The van der Waals surface area contributed by atoms with Crippen LogP contribution in [0.3, 0.4) is 0 Å². The molecule has 3 aromatic carbocycles. The highest BCUT2D eigenvalue weighted by Gasteiger charge is 2.38. The third-order valence-corrected chi connectivity index (χ3v) is 17.8. The zero-order valence-corrected chi connectivity index (χ0v) is 55.3. The molecule has 3 amide bonds. The first-order valence-electron chi connectivity index (χ1n) is 31.8. The highest BCUT2D eigenvalue weighted by atomic mass is 19.3. The lowest BCUT2D eigenvalue weighted by Crippen LogP contribution is -2.43. The number of aldehydes is 1. The van der Waals surface area contributed by atoms with E-state index < -0.39 is 48.4 Å². The van der Waals surface area contributed by atoms with Crippen molar-refractivity contribution in [2.24, 2.45) is 0 Å². The molecule has 518 valence electrons. The van der Waals surface area contributed by atoms with E-state index in [2.05, 4.69) is 44.7 Å². The number of carbonyl (C=O) groups is 4. The number of benzene rings is 3. The van der Waals surface area contributed by atoms with Crippen LogP contribution in [0.5, 0.6) is 34.5 Å². The molecule has 21 nitrogen and oxygen atoms in total. The maximum absolute atomic E-state index is 13.2. The van der Waals surface area contributed by atoms with E-state index in [4.69, 9.17) is 33.2 Å². The Morgan fingerprint density at radius 3 is 1.13 bits per heavy atom. The van der Waals surface area contributed by atoms with Gasteiger partial charge in [0.25, 0.3) is 17.7 Å². The van der Waals surface area contributed by atoms with E-state index in [1.165, 1.54) is 39.5 Å². The molecule has 0 bridgehead atoms. The Hall–Kier alpha value is -9.89. The van der Waals surface area contributed by atoms with Crippen LogP contribution in [0.2, 0.25) is 0 Å². The lowest BCUT2D eigenvalue weighted by molar-refractivity contribution is -0.111. The standard InChI is InChI=1S/C25H27F2N3O4.C23H25F2N3O4.C23H23F2N3O4/c1-25(2,20-7-9-33-20)15-6-8-30-17(13-28-21(30)12-15)14-10-18(32-3)22(19(11-14)34-24(26)27)23(31)29-16-4-5-16;2*1-23(2,12-29)14-6-7-28-16(11-26-19(28)10-14)13-8-17(31-3)20(18(9-13)32-22(24)25)21(30)27-15-4-5-15/h6,8,10-13,16,20,24H,4-5,7,9H2,1-3H3,(H,29,31);6-11,15,22,29H,4-5,12H2,1-3H3,(H,27,30);6-12,15,22H,4-5H2,1-3H3,(H,27,30). The number of aliphatic hydroxyl groups is 1. The summed E-state index contributed by atoms with van der Waals surface area (Å²) in [5.74, 6) is -1.91. The van der Waals surface area contributed by atoms with E-state index in [1.807, 2.05) is 48.7 Å². The molecule has 13 rings (SSSR count). The van der Waals surface area contributed by atoms with Crippen molar-refractivity contribution in [1.82, 2.24) is 44.1 Å². The Labute approximate surface area is 559 Å². The topological polar surface area (TPSA) is 241 Å². The lowest BCUT2D eigenvalue weighted by Gasteiger charge is -2.40. The van der Waals surface area contributed by atoms with Gasteiger partial charge in [-0.05, 0) is 148 Å². The third kappa shape index (κ3) is 15.1. The van der Waals surface area contributed by atoms with Gasteiger partial charge in [0.05, 0.1) is 69.7 Å². The molecule has 1 unspecified atom stereocenters. The third-order valence-electron chi connectivity index (χ3n) is 17.8. The smallest absolute Gasteiger partial charge is 0.387 e. The molecule has 6 aromatic heterocycles. The molecule has 3 aliphatic carbocycles. The first-order valence-corrected chi connectivity index (χ1v) is 31.8. The zero-order valence-electron chi connectivity index (χ0n) is 55.3. The Morgan fingerprint density at radius 2 is 0.837 bits per heavy atom. The fourth-order valence-electron chi connectivity index (χ4n) is 11.3. The Balaban J connectivity index is 0.000000149. The number of nitrogens with one attached hydrogen (secondary N) is 3. The highest BCUT2D eigenvalue weighted by Crippen LogP contribution is 2.42. The summed E-state index contributed by atoms with van der Waals surface area (Å²) in [6.07, 6.45) is 17.5. The number of aromatic nitrogens is 6. The minimum atomic E-state index is -3.11. The second kappa shape index (κ2) is 28.3. The summed E-state index contributed by atoms with van der Waals surface area (Å²) < 4.78 is 121. The monoisotopic (exact) mass is 1360 g/mol. The van der Waals surface area contributed by atoms with E-state index in [9.17, 15) is 50.6 Å². The van der Waals surface area contributed by atoms with Crippen molar-refractivity contribution in [3.63, 3.8) is 0 Å². The van der Waals surface area contributed by atoms with Gasteiger partial charge in [0.2, 0.25) is 0 Å². The number of carbonyl (C=O) groups excluding carboxylic acids is 4. The fraction of sp³-hybridized carbons (Fsp3) is 0.394. The van der Waals surface area contributed by atoms with Crippen LogP contribution in [-0.2, 0) is 25.8 Å². The molecular weight excluding hydrogens is 1280 g/mol. The second-order valence-electron chi connectivity index (χ2n) is 26.1. The van der Waals surface area contributed by atoms with E-state index >= 15 is 0 Å². The van der Waals surface area contributed by atoms with Gasteiger partial charge < -0.3 is 59.0 Å². The summed E-state index contributed by atoms with van der Waals surface area (Å²) in [6, 6.07) is 20.5. The van der Waals surface area contributed by atoms with E-state index in [0.717, 1.165) is 74.5 Å². The number of alkyl halides is 6. The molecule has 4 fully saturated rings. The zero-order chi connectivity index (χ0) is 70.1. The SMILES string of the molecule is COc1cc(-c2cnc3cc(C(C)(C)C4CCO4)ccn23)cc(OC(F)F)c1C(=O)NC1CC1.COc1cc(-c2cnc3cc(C(C)(C)C=O)ccn23)cc(OC(F)F)c1C(=O)NC1CC1.COc1cc(-c2cnc3cc(C(C)(C)CO)ccn23)cc(OC(F)F)c1C(=O)NC1CC1. The number of aliphatic hydroxyl groups excluding tert-OH is 1. The number of fused-ring (bicyclic) bond motifs is 3. The van der Waals surface area contributed by atoms with Gasteiger partial charge in [-0.15, -0.1) is 0 Å². The minimum absolute atomic E-state index is 0.0212. The molecule has 1 saturated heterocycles. The Morgan fingerprint density at radius 1 is 0.520 bits per heavy atom. The molecule has 98 heavy (non-hydrogen) atoms. The van der Waals surface area contributed by atoms with E-state index in [0.29, 0.717) is 50.7 Å². The molecule has 1 atom stereocenters. The van der Waals surface area contributed by atoms with Crippen molar-refractivity contribution in [1.29, 1.82) is 0 Å². The fourth-order valence-corrected chi connectivity index (χ4v) is 11.3. The van der Waals surface area contributed by atoms with Crippen LogP contribution in [-0.4, -0.2) is 136 Å². The van der Waals surface area contributed by atoms with Crippen molar-refractivity contribution in [3.05, 3.63) is 143 Å². The van der Waals surface area contributed by atoms with Gasteiger partial charge in [-0.1, -0.05) is 27.7 Å². The molecule has 9 aromatic rings. The number of amides is 3. The van der Waals surface area contributed by atoms with E-state index in [1.54, 1.807) is 84.0 Å². The molecule has 0 spiro atoms. The molecule has 27 heteroatoms. The van der Waals surface area contributed by atoms with Crippen molar-refractivity contribution < 1.29 is 83.8 Å². The predicted octanol–water partition coefficient (Wildman–Crippen LogP) is 12.3. The average molecular weight is 1360 g/mol. The van der Waals surface area contributed by atoms with Crippen molar-refractivity contribution in [2.75, 3.05) is 34.5 Å². The number of rotatable bonds is 24. The number of methoxy groups -OCH3 is 3. The van der Waals surface area contributed by atoms with Crippen LogP contribution in [0, 0.1) is 0 Å². The summed E-state index contributed by atoms with van der Waals surface area (Å²) in [5, 5.41) is 18.0. The first-order chi connectivity index (χ1) is 46.7. The normalized spacial score (nSPS) is 15.4. The summed E-state index contributed by atoms with van der Waals surface area (Å²) >= 11 is 0. The van der Waals surface area contributed by atoms with Gasteiger partial charge in [0, 0.05) is 76.3 Å². The molecule has 4 aliphatic rings. The number of hydrogen-bond acceptors (Lipinski definition) is 15. The number of nitrogens with zero attached hydrogens (tertiary/aromatic N) is 6.